The van der Waals surface area contributed by atoms with E-state index in [9.17, 15) is 0 Å². The van der Waals surface area contributed by atoms with Crippen LogP contribution >= 0.6 is 23.1 Å². The minimum absolute atomic E-state index is 0.348. The van der Waals surface area contributed by atoms with Crippen molar-refractivity contribution in [2.24, 2.45) is 21.6 Å². The molecule has 0 radical (unpaired) electrons. The van der Waals surface area contributed by atoms with E-state index in [1.807, 2.05) is 42.1 Å². The van der Waals surface area contributed by atoms with Crippen molar-refractivity contribution >= 4 is 56.5 Å². The molecule has 1 aromatic heterocycles. The third kappa shape index (κ3) is 7.28. The summed E-state index contributed by atoms with van der Waals surface area (Å²) in [5.74, 6) is 1.99. The lowest BCUT2D eigenvalue weighted by Crippen LogP contribution is -2.22. The quantitative estimate of drug-likeness (QED) is 0.0945. The lowest BCUT2D eigenvalue weighted by molar-refractivity contribution is 0.516. The number of nitrogens with zero attached hydrogens (tertiary/aromatic N) is 2. The molecule has 5 aromatic rings. The Morgan fingerprint density at radius 2 is 1.73 bits per heavy atom. The lowest BCUT2D eigenvalue weighted by Gasteiger charge is -2.23. The predicted molar refractivity (Wildman–Crippen MR) is 223 cm³/mol. The molecule has 0 fully saturated rings. The van der Waals surface area contributed by atoms with E-state index in [2.05, 4.69) is 118 Å². The zero-order valence-corrected chi connectivity index (χ0v) is 30.9. The number of nitrogens with two attached hydrogens (primary N) is 1. The van der Waals surface area contributed by atoms with Crippen LogP contribution in [0.5, 0.6) is 0 Å². The van der Waals surface area contributed by atoms with Gasteiger partial charge in [-0.2, -0.15) is 0 Å². The van der Waals surface area contributed by atoms with Crippen molar-refractivity contribution in [1.29, 1.82) is 0 Å². The topological polar surface area (TPSA) is 50.7 Å². The summed E-state index contributed by atoms with van der Waals surface area (Å²) in [5, 5.41) is 2.47. The average Bonchev–Trinajstić information content (AvgIpc) is 3.73. The Balaban J connectivity index is 1.29. The fourth-order valence-corrected chi connectivity index (χ4v) is 9.71. The van der Waals surface area contributed by atoms with Crippen molar-refractivity contribution in [3.63, 3.8) is 0 Å². The zero-order chi connectivity index (χ0) is 35.3. The van der Waals surface area contributed by atoms with Crippen LogP contribution in [0.1, 0.15) is 55.7 Å². The highest BCUT2D eigenvalue weighted by Gasteiger charge is 2.32. The van der Waals surface area contributed by atoms with Gasteiger partial charge in [0.1, 0.15) is 5.84 Å². The van der Waals surface area contributed by atoms with Gasteiger partial charge in [0.15, 0.2) is 5.84 Å². The van der Waals surface area contributed by atoms with E-state index >= 15 is 0 Å². The van der Waals surface area contributed by atoms with Gasteiger partial charge in [-0.1, -0.05) is 141 Å². The number of thioether (sulfide) groups is 1. The minimum atomic E-state index is 0.348. The molecule has 51 heavy (non-hydrogen) atoms. The number of hydrogen-bond donors (Lipinski definition) is 1. The molecule has 0 amide bonds. The second-order valence-electron chi connectivity index (χ2n) is 13.0. The normalized spacial score (nSPS) is 18.5. The van der Waals surface area contributed by atoms with Gasteiger partial charge in [-0.15, -0.1) is 11.3 Å². The van der Waals surface area contributed by atoms with Crippen molar-refractivity contribution in [3.8, 4) is 11.1 Å². The fraction of sp³-hybridized carbons (Fsp3) is 0.174. The van der Waals surface area contributed by atoms with Gasteiger partial charge in [0.05, 0.1) is 0 Å². The van der Waals surface area contributed by atoms with E-state index in [0.717, 1.165) is 47.1 Å². The molecule has 4 aromatic carbocycles. The van der Waals surface area contributed by atoms with Crippen LogP contribution in [-0.2, 0) is 0 Å². The molecule has 2 N–H and O–H groups in total. The Labute approximate surface area is 309 Å². The maximum Gasteiger partial charge on any atom is 0.157 e. The molecule has 0 spiro atoms. The number of thiophene rings is 1. The van der Waals surface area contributed by atoms with Crippen LogP contribution in [0.2, 0.25) is 0 Å². The fourth-order valence-electron chi connectivity index (χ4n) is 7.18. The molecule has 2 unspecified atom stereocenters. The van der Waals surface area contributed by atoms with Crippen LogP contribution in [0, 0.1) is 5.92 Å². The van der Waals surface area contributed by atoms with Crippen LogP contribution in [-0.4, -0.2) is 18.2 Å². The molecule has 2 aliphatic rings. The maximum absolute atomic E-state index is 6.83. The van der Waals surface area contributed by atoms with E-state index < -0.39 is 0 Å². The highest BCUT2D eigenvalue weighted by molar-refractivity contribution is 8.03. The summed E-state index contributed by atoms with van der Waals surface area (Å²) in [6.45, 7) is 13.2. The number of amidine groups is 2. The smallest absolute Gasteiger partial charge is 0.157 e. The van der Waals surface area contributed by atoms with Gasteiger partial charge in [0.2, 0.25) is 0 Å². The van der Waals surface area contributed by atoms with Crippen LogP contribution in [0.4, 0.5) is 0 Å². The van der Waals surface area contributed by atoms with E-state index in [-0.39, 0.29) is 0 Å². The van der Waals surface area contributed by atoms with Crippen LogP contribution in [0.3, 0.4) is 0 Å². The summed E-state index contributed by atoms with van der Waals surface area (Å²) in [6, 6.07) is 34.1. The van der Waals surface area contributed by atoms with Gasteiger partial charge in [-0.3, -0.25) is 4.99 Å². The van der Waals surface area contributed by atoms with Crippen molar-refractivity contribution in [1.82, 2.24) is 0 Å². The van der Waals surface area contributed by atoms with Crippen LogP contribution in [0.25, 0.3) is 32.9 Å². The Bertz CT molecular complexity index is 2370. The molecule has 7 rings (SSSR count). The summed E-state index contributed by atoms with van der Waals surface area (Å²) >= 11 is 3.72. The highest BCUT2D eigenvalue weighted by atomic mass is 32.2. The first-order chi connectivity index (χ1) is 25.0. The van der Waals surface area contributed by atoms with Gasteiger partial charge < -0.3 is 5.73 Å². The summed E-state index contributed by atoms with van der Waals surface area (Å²) in [6.07, 6.45) is 13.6. The monoisotopic (exact) mass is 701 g/mol. The summed E-state index contributed by atoms with van der Waals surface area (Å²) < 4.78 is 2.43. The molecule has 1 aliphatic heterocycles. The number of aliphatic imine (C=N–C) groups is 2. The summed E-state index contributed by atoms with van der Waals surface area (Å²) in [7, 11) is 0. The van der Waals surface area contributed by atoms with E-state index in [4.69, 9.17) is 15.7 Å². The molecule has 2 heterocycles. The Morgan fingerprint density at radius 1 is 0.922 bits per heavy atom. The molecular weight excluding hydrogens is 659 g/mol. The molecule has 254 valence electrons. The zero-order valence-electron chi connectivity index (χ0n) is 29.3. The maximum atomic E-state index is 6.83. The Kier molecular flexibility index (Phi) is 10.5. The minimum Gasteiger partial charge on any atom is -0.383 e. The first-order valence-corrected chi connectivity index (χ1v) is 19.3. The van der Waals surface area contributed by atoms with Crippen molar-refractivity contribution < 1.29 is 0 Å². The Morgan fingerprint density at radius 3 is 2.53 bits per heavy atom. The molecule has 5 heteroatoms. The van der Waals surface area contributed by atoms with Crippen LogP contribution in [0.15, 0.2) is 160 Å². The van der Waals surface area contributed by atoms with Crippen molar-refractivity contribution in [2.75, 3.05) is 6.54 Å². The first kappa shape index (κ1) is 34.5. The van der Waals surface area contributed by atoms with E-state index in [1.165, 1.54) is 40.8 Å². The molecule has 3 nitrogen and oxygen atoms in total. The number of fused-ring (bicyclic) bond motifs is 4. The number of benzene rings is 4. The number of hydrogen-bond acceptors (Lipinski definition) is 3. The molecule has 2 atom stereocenters. The second-order valence-corrected chi connectivity index (χ2v) is 15.2. The van der Waals surface area contributed by atoms with E-state index in [1.54, 1.807) is 17.4 Å². The average molecular weight is 702 g/mol. The molecule has 0 saturated carbocycles. The highest BCUT2D eigenvalue weighted by Crippen LogP contribution is 2.53. The van der Waals surface area contributed by atoms with Gasteiger partial charge in [-0.25, -0.2) is 4.99 Å². The van der Waals surface area contributed by atoms with Gasteiger partial charge in [0, 0.05) is 48.3 Å². The summed E-state index contributed by atoms with van der Waals surface area (Å²) in [5.41, 5.74) is 14.6. The third-order valence-electron chi connectivity index (χ3n) is 9.77. The molecular formula is C46H43N3S2. The van der Waals surface area contributed by atoms with Crippen LogP contribution < -0.4 is 15.5 Å². The predicted octanol–water partition coefficient (Wildman–Crippen LogP) is 10.6. The van der Waals surface area contributed by atoms with Crippen molar-refractivity contribution in [2.45, 2.75) is 43.9 Å². The standard InChI is InChI=1S/C46H43N3S2/c1-5-8-15-30(4)36(6-2)44-39-25-23-35(28-43(39)50-40(44)7-3)46(49-45(47)34-19-14-18-33(27-34)32-16-10-9-11-17-32)48-29-31-22-24-38-37-20-12-13-21-41(37)51-42(38)26-31/h5,7-21,23,25-28,31,38H,1,4,6,22,24,29H2,2-3H3,(H2,47,48,49)/b15-8-,40-7+,44-36+. The van der Waals surface area contributed by atoms with E-state index in [0.29, 0.717) is 30.1 Å². The lowest BCUT2D eigenvalue weighted by atomic mass is 9.84. The van der Waals surface area contributed by atoms with Crippen molar-refractivity contribution in [3.05, 3.63) is 171 Å². The Hall–Kier alpha value is -4.97. The summed E-state index contributed by atoms with van der Waals surface area (Å²) in [4.78, 5) is 13.2. The van der Waals surface area contributed by atoms with Gasteiger partial charge >= 0.3 is 0 Å². The number of allylic oxidation sites excluding steroid dienone is 5. The third-order valence-corrected chi connectivity index (χ3v) is 12.2. The second kappa shape index (κ2) is 15.5. The van der Waals surface area contributed by atoms with Gasteiger partial charge in [0.25, 0.3) is 0 Å². The number of rotatable bonds is 9. The van der Waals surface area contributed by atoms with Gasteiger partial charge in [-0.05, 0) is 83.0 Å². The molecule has 0 bridgehead atoms. The molecule has 0 saturated heterocycles. The molecule has 1 aliphatic carbocycles. The largest absolute Gasteiger partial charge is 0.383 e. The SMILES string of the molecule is C=C/C=C\C(=C)/C(CC)=c1/c(=C\C)sc2cc(C(N=C(N)c3cccc(-c4ccccc4)c3)=NCC3C=C4Sc5ccccc5C4CC3)ccc12. The first-order valence-electron chi connectivity index (χ1n) is 17.7.